The van der Waals surface area contributed by atoms with E-state index in [4.69, 9.17) is 32.9 Å². The summed E-state index contributed by atoms with van der Waals surface area (Å²) in [6.07, 6.45) is 1.81. The second-order valence-corrected chi connectivity index (χ2v) is 6.59. The lowest BCUT2D eigenvalue weighted by Gasteiger charge is -2.13. The minimum absolute atomic E-state index is 0.447. The number of aromatic nitrogens is 2. The third kappa shape index (κ3) is 2.86. The summed E-state index contributed by atoms with van der Waals surface area (Å²) in [5.74, 6) is 0. The smallest absolute Gasteiger partial charge is 0.0999 e. The molecule has 4 nitrogen and oxygen atoms in total. The molecule has 0 saturated heterocycles. The van der Waals surface area contributed by atoms with Crippen LogP contribution >= 0.6 is 23.2 Å². The number of aliphatic imine (C=N–C) groups is 1. The molecule has 0 radical (unpaired) electrons. The Kier molecular flexibility index (Phi) is 4.34. The minimum Gasteiger partial charge on any atom is -0.378 e. The molecular formula is C19H15Cl2N3O. The Morgan fingerprint density at radius 1 is 1.12 bits per heavy atom. The molecule has 0 fully saturated rings. The number of benzene rings is 2. The average molecular weight is 372 g/mol. The molecule has 2 aromatic carbocycles. The average Bonchev–Trinajstić information content (AvgIpc) is 2.92. The fourth-order valence-corrected chi connectivity index (χ4v) is 3.47. The highest BCUT2D eigenvalue weighted by Gasteiger charge is 2.22. The number of imidazole rings is 1. The van der Waals surface area contributed by atoms with Gasteiger partial charge in [-0.3, -0.25) is 4.99 Å². The molecule has 0 unspecified atom stereocenters. The van der Waals surface area contributed by atoms with Gasteiger partial charge in [0.25, 0.3) is 0 Å². The first-order valence-electron chi connectivity index (χ1n) is 7.82. The van der Waals surface area contributed by atoms with Crippen molar-refractivity contribution in [1.29, 1.82) is 0 Å². The third-order valence-corrected chi connectivity index (χ3v) is 4.79. The number of rotatable bonds is 3. The molecule has 0 bridgehead atoms. The zero-order chi connectivity index (χ0) is 17.4. The monoisotopic (exact) mass is 371 g/mol. The van der Waals surface area contributed by atoms with E-state index in [9.17, 15) is 0 Å². The number of ether oxygens (including phenoxy) is 1. The van der Waals surface area contributed by atoms with E-state index in [1.807, 2.05) is 53.4 Å². The largest absolute Gasteiger partial charge is 0.378 e. The molecule has 0 atom stereocenters. The Bertz CT molecular complexity index is 979. The van der Waals surface area contributed by atoms with Crippen molar-refractivity contribution >= 4 is 28.9 Å². The van der Waals surface area contributed by atoms with Gasteiger partial charge in [0.15, 0.2) is 0 Å². The van der Waals surface area contributed by atoms with Gasteiger partial charge in [0.2, 0.25) is 0 Å². The quantitative estimate of drug-likeness (QED) is 0.670. The minimum atomic E-state index is 0.447. The first-order valence-corrected chi connectivity index (χ1v) is 8.58. The summed E-state index contributed by atoms with van der Waals surface area (Å²) in [6.45, 7) is 0.938. The zero-order valence-corrected chi connectivity index (χ0v) is 15.1. The van der Waals surface area contributed by atoms with E-state index in [2.05, 4.69) is 4.98 Å². The Morgan fingerprint density at radius 3 is 2.76 bits per heavy atom. The second kappa shape index (κ2) is 6.64. The standard InChI is InChI=1S/C19H15Cl2N3O/c1-25-10-16-18-9-22-19(13-4-2-3-5-15(13)21)14-8-12(20)6-7-17(14)24(18)11-23-16/h2-8,11H,9-10H2,1H3. The van der Waals surface area contributed by atoms with Crippen molar-refractivity contribution in [3.63, 3.8) is 0 Å². The van der Waals surface area contributed by atoms with Crippen LogP contribution in [0, 0.1) is 0 Å². The summed E-state index contributed by atoms with van der Waals surface area (Å²) in [7, 11) is 1.66. The SMILES string of the molecule is COCc1ncn2c1CN=C(c1ccccc1Cl)c1cc(Cl)ccc1-2. The Morgan fingerprint density at radius 2 is 1.96 bits per heavy atom. The fraction of sp³-hybridized carbons (Fsp3) is 0.158. The van der Waals surface area contributed by atoms with Crippen LogP contribution in [-0.4, -0.2) is 22.4 Å². The Balaban J connectivity index is 1.96. The summed E-state index contributed by atoms with van der Waals surface area (Å²) in [5.41, 5.74) is 5.51. The van der Waals surface area contributed by atoms with Gasteiger partial charge in [-0.2, -0.15) is 0 Å². The maximum absolute atomic E-state index is 6.43. The predicted octanol–water partition coefficient (Wildman–Crippen LogP) is 4.68. The van der Waals surface area contributed by atoms with Crippen molar-refractivity contribution < 1.29 is 4.74 Å². The van der Waals surface area contributed by atoms with E-state index in [0.717, 1.165) is 33.9 Å². The van der Waals surface area contributed by atoms with Gasteiger partial charge in [-0.15, -0.1) is 0 Å². The van der Waals surface area contributed by atoms with Gasteiger partial charge in [-0.05, 0) is 24.3 Å². The first-order chi connectivity index (χ1) is 12.2. The van der Waals surface area contributed by atoms with E-state index in [1.165, 1.54) is 0 Å². The molecule has 0 spiro atoms. The van der Waals surface area contributed by atoms with Crippen molar-refractivity contribution in [2.45, 2.75) is 13.2 Å². The molecule has 0 aliphatic carbocycles. The van der Waals surface area contributed by atoms with E-state index in [-0.39, 0.29) is 0 Å². The lowest BCUT2D eigenvalue weighted by Crippen LogP contribution is -2.07. The van der Waals surface area contributed by atoms with E-state index < -0.39 is 0 Å². The highest BCUT2D eigenvalue weighted by Crippen LogP contribution is 2.30. The number of nitrogens with zero attached hydrogens (tertiary/aromatic N) is 3. The third-order valence-electron chi connectivity index (χ3n) is 4.22. The Hall–Kier alpha value is -2.14. The number of hydrogen-bond acceptors (Lipinski definition) is 3. The van der Waals surface area contributed by atoms with Crippen molar-refractivity contribution in [3.05, 3.63) is 81.4 Å². The molecule has 3 aromatic rings. The van der Waals surface area contributed by atoms with Gasteiger partial charge in [-0.1, -0.05) is 41.4 Å². The summed E-state index contributed by atoms with van der Waals surface area (Å²) < 4.78 is 7.31. The van der Waals surface area contributed by atoms with Crippen LogP contribution in [0.3, 0.4) is 0 Å². The normalized spacial score (nSPS) is 13.0. The maximum atomic E-state index is 6.43. The summed E-state index contributed by atoms with van der Waals surface area (Å²) in [5, 5.41) is 1.31. The van der Waals surface area contributed by atoms with E-state index >= 15 is 0 Å². The molecule has 2 heterocycles. The van der Waals surface area contributed by atoms with Crippen LogP contribution in [0.25, 0.3) is 5.69 Å². The predicted molar refractivity (Wildman–Crippen MR) is 100 cm³/mol. The van der Waals surface area contributed by atoms with E-state index in [0.29, 0.717) is 23.2 Å². The van der Waals surface area contributed by atoms with Crippen molar-refractivity contribution in [2.75, 3.05) is 7.11 Å². The molecule has 0 saturated carbocycles. The molecule has 126 valence electrons. The highest BCUT2D eigenvalue weighted by atomic mass is 35.5. The summed E-state index contributed by atoms with van der Waals surface area (Å²) in [6, 6.07) is 13.5. The van der Waals surface area contributed by atoms with Gasteiger partial charge in [0, 0.05) is 28.3 Å². The number of hydrogen-bond donors (Lipinski definition) is 0. The summed E-state index contributed by atoms with van der Waals surface area (Å²) >= 11 is 12.7. The summed E-state index contributed by atoms with van der Waals surface area (Å²) in [4.78, 5) is 9.33. The maximum Gasteiger partial charge on any atom is 0.0999 e. The molecule has 1 aliphatic heterocycles. The topological polar surface area (TPSA) is 39.4 Å². The molecule has 0 N–H and O–H groups in total. The molecule has 25 heavy (non-hydrogen) atoms. The van der Waals surface area contributed by atoms with Gasteiger partial charge < -0.3 is 9.30 Å². The van der Waals surface area contributed by atoms with Gasteiger partial charge in [0.05, 0.1) is 42.3 Å². The molecule has 1 aromatic heterocycles. The molecule has 0 amide bonds. The van der Waals surface area contributed by atoms with Crippen molar-refractivity contribution in [3.8, 4) is 5.69 Å². The lowest BCUT2D eigenvalue weighted by molar-refractivity contribution is 0.181. The van der Waals surface area contributed by atoms with Gasteiger partial charge >= 0.3 is 0 Å². The van der Waals surface area contributed by atoms with Crippen LogP contribution < -0.4 is 0 Å². The number of methoxy groups -OCH3 is 1. The molecular weight excluding hydrogens is 357 g/mol. The second-order valence-electron chi connectivity index (χ2n) is 5.75. The van der Waals surface area contributed by atoms with Crippen LogP contribution in [-0.2, 0) is 17.9 Å². The molecule has 1 aliphatic rings. The van der Waals surface area contributed by atoms with Gasteiger partial charge in [0.1, 0.15) is 0 Å². The Labute approximate surface area is 155 Å². The van der Waals surface area contributed by atoms with Crippen molar-refractivity contribution in [2.24, 2.45) is 4.99 Å². The molecule has 4 rings (SSSR count). The van der Waals surface area contributed by atoms with Crippen LogP contribution in [0.1, 0.15) is 22.5 Å². The van der Waals surface area contributed by atoms with Crippen LogP contribution in [0.2, 0.25) is 10.0 Å². The highest BCUT2D eigenvalue weighted by molar-refractivity contribution is 6.36. The fourth-order valence-electron chi connectivity index (χ4n) is 3.07. The van der Waals surface area contributed by atoms with E-state index in [1.54, 1.807) is 7.11 Å². The van der Waals surface area contributed by atoms with Crippen molar-refractivity contribution in [1.82, 2.24) is 9.55 Å². The zero-order valence-electron chi connectivity index (χ0n) is 13.5. The molecule has 6 heteroatoms. The lowest BCUT2D eigenvalue weighted by atomic mass is 10.0. The van der Waals surface area contributed by atoms with Gasteiger partial charge in [-0.25, -0.2) is 4.98 Å². The first kappa shape index (κ1) is 16.3. The van der Waals surface area contributed by atoms with Crippen LogP contribution in [0.15, 0.2) is 53.8 Å². The van der Waals surface area contributed by atoms with Crippen LogP contribution in [0.4, 0.5) is 0 Å². The van der Waals surface area contributed by atoms with Crippen LogP contribution in [0.5, 0.6) is 0 Å². The number of fused-ring (bicyclic) bond motifs is 3. The number of halogens is 2.